The molecule has 0 unspecified atom stereocenters. The number of aromatic amines is 1. The number of ketones is 2. The van der Waals surface area contributed by atoms with Gasteiger partial charge in [0.2, 0.25) is 11.6 Å². The monoisotopic (exact) mass is 567 g/mol. The fourth-order valence-corrected chi connectivity index (χ4v) is 4.57. The third kappa shape index (κ3) is 4.56. The summed E-state index contributed by atoms with van der Waals surface area (Å²) in [6.45, 7) is 0. The van der Waals surface area contributed by atoms with E-state index in [2.05, 4.69) is 27.6 Å². The third-order valence-corrected chi connectivity index (χ3v) is 6.55. The van der Waals surface area contributed by atoms with Crippen molar-refractivity contribution in [1.29, 1.82) is 0 Å². The maximum absolute atomic E-state index is 13.5. The van der Waals surface area contributed by atoms with E-state index in [4.69, 9.17) is 14.2 Å². The summed E-state index contributed by atoms with van der Waals surface area (Å²) >= 11 is 2.12. The second-order valence-corrected chi connectivity index (χ2v) is 8.49. The summed E-state index contributed by atoms with van der Waals surface area (Å²) in [5.74, 6) is 1.58. The van der Waals surface area contributed by atoms with Crippen molar-refractivity contribution < 1.29 is 23.8 Å². The fourth-order valence-electron chi connectivity index (χ4n) is 3.61. The van der Waals surface area contributed by atoms with Gasteiger partial charge in [-0.25, -0.2) is 0 Å². The highest BCUT2D eigenvalue weighted by Gasteiger charge is 2.26. The van der Waals surface area contributed by atoms with Crippen LogP contribution in [0.1, 0.15) is 32.1 Å². The van der Waals surface area contributed by atoms with Crippen LogP contribution >= 0.6 is 22.6 Å². The maximum atomic E-state index is 13.5. The van der Waals surface area contributed by atoms with Crippen molar-refractivity contribution in [2.75, 3.05) is 21.3 Å². The smallest absolute Gasteiger partial charge is 0.210 e. The second kappa shape index (κ2) is 10.1. The van der Waals surface area contributed by atoms with E-state index < -0.39 is 0 Å². The molecule has 0 bridgehead atoms. The zero-order valence-electron chi connectivity index (χ0n) is 18.8. The van der Waals surface area contributed by atoms with Crippen molar-refractivity contribution in [3.8, 4) is 28.4 Å². The lowest BCUT2D eigenvalue weighted by Gasteiger charge is -2.07. The minimum Gasteiger partial charge on any atom is -0.497 e. The van der Waals surface area contributed by atoms with Gasteiger partial charge in [0.05, 0.1) is 30.6 Å². The third-order valence-electron chi connectivity index (χ3n) is 5.48. The Balaban J connectivity index is 1.83. The molecular formula is C27H22INO5. The first kappa shape index (κ1) is 23.6. The van der Waals surface area contributed by atoms with E-state index in [9.17, 15) is 9.59 Å². The number of hydrogen-bond acceptors (Lipinski definition) is 5. The molecule has 1 heterocycles. The number of hydrogen-bond donors (Lipinski definition) is 1. The summed E-state index contributed by atoms with van der Waals surface area (Å²) in [6, 6.07) is 21.1. The zero-order valence-corrected chi connectivity index (χ0v) is 21.0. The van der Waals surface area contributed by atoms with E-state index in [-0.39, 0.29) is 11.6 Å². The van der Waals surface area contributed by atoms with E-state index in [1.165, 1.54) is 0 Å². The minimum atomic E-state index is -0.222. The van der Waals surface area contributed by atoms with Gasteiger partial charge in [-0.05, 0) is 88.8 Å². The zero-order chi connectivity index (χ0) is 24.2. The lowest BCUT2D eigenvalue weighted by molar-refractivity contribution is 0.103. The second-order valence-electron chi connectivity index (χ2n) is 7.41. The van der Waals surface area contributed by atoms with Crippen LogP contribution in [0.2, 0.25) is 0 Å². The van der Waals surface area contributed by atoms with Crippen LogP contribution in [0.3, 0.4) is 0 Å². The van der Waals surface area contributed by atoms with Crippen molar-refractivity contribution in [3.05, 3.63) is 98.9 Å². The molecule has 0 saturated heterocycles. The number of benzene rings is 3. The van der Waals surface area contributed by atoms with Gasteiger partial charge in [-0.1, -0.05) is 12.1 Å². The Bertz CT molecular complexity index is 1320. The summed E-state index contributed by atoms with van der Waals surface area (Å²) < 4.78 is 16.3. The first-order valence-corrected chi connectivity index (χ1v) is 11.5. The normalized spacial score (nSPS) is 10.6. The molecule has 1 aromatic heterocycles. The molecule has 0 aliphatic heterocycles. The maximum Gasteiger partial charge on any atom is 0.210 e. The van der Waals surface area contributed by atoms with Crippen LogP contribution in [-0.2, 0) is 0 Å². The molecule has 6 nitrogen and oxygen atoms in total. The van der Waals surface area contributed by atoms with Gasteiger partial charge in [-0.15, -0.1) is 0 Å². The lowest BCUT2D eigenvalue weighted by atomic mass is 9.99. The first-order valence-electron chi connectivity index (χ1n) is 10.4. The largest absolute Gasteiger partial charge is 0.497 e. The molecule has 4 rings (SSSR count). The van der Waals surface area contributed by atoms with Crippen molar-refractivity contribution in [2.24, 2.45) is 0 Å². The van der Waals surface area contributed by atoms with Gasteiger partial charge >= 0.3 is 0 Å². The number of carbonyl (C=O) groups excluding carboxylic acids is 2. The Morgan fingerprint density at radius 3 is 1.41 bits per heavy atom. The molecule has 3 aromatic carbocycles. The van der Waals surface area contributed by atoms with Gasteiger partial charge in [-0.2, -0.15) is 0 Å². The van der Waals surface area contributed by atoms with Crippen molar-refractivity contribution in [2.45, 2.75) is 0 Å². The highest BCUT2D eigenvalue weighted by molar-refractivity contribution is 14.1. The summed E-state index contributed by atoms with van der Waals surface area (Å²) in [7, 11) is 4.74. The van der Waals surface area contributed by atoms with Crippen LogP contribution in [-0.4, -0.2) is 37.9 Å². The van der Waals surface area contributed by atoms with Gasteiger partial charge in [0.15, 0.2) is 0 Å². The molecule has 7 heteroatoms. The van der Waals surface area contributed by atoms with Gasteiger partial charge in [0.25, 0.3) is 0 Å². The first-order chi connectivity index (χ1) is 16.5. The number of halogens is 1. The van der Waals surface area contributed by atoms with Gasteiger partial charge in [-0.3, -0.25) is 9.59 Å². The van der Waals surface area contributed by atoms with Crippen LogP contribution in [0.4, 0.5) is 0 Å². The van der Waals surface area contributed by atoms with Gasteiger partial charge in [0.1, 0.15) is 22.9 Å². The number of nitrogens with one attached hydrogen (secondary N) is 1. The van der Waals surface area contributed by atoms with Gasteiger partial charge in [0, 0.05) is 16.7 Å². The molecule has 4 aromatic rings. The van der Waals surface area contributed by atoms with Crippen molar-refractivity contribution in [3.63, 3.8) is 0 Å². The summed E-state index contributed by atoms with van der Waals surface area (Å²) in [4.78, 5) is 30.1. The summed E-state index contributed by atoms with van der Waals surface area (Å²) in [5.41, 5.74) is 3.14. The van der Waals surface area contributed by atoms with Crippen LogP contribution in [0.25, 0.3) is 11.1 Å². The molecule has 0 aliphatic carbocycles. The van der Waals surface area contributed by atoms with Crippen LogP contribution < -0.4 is 14.2 Å². The lowest BCUT2D eigenvalue weighted by Crippen LogP contribution is -2.06. The highest BCUT2D eigenvalue weighted by atomic mass is 127. The van der Waals surface area contributed by atoms with Crippen molar-refractivity contribution >= 4 is 34.2 Å². The Morgan fingerprint density at radius 1 is 0.618 bits per heavy atom. The van der Waals surface area contributed by atoms with E-state index >= 15 is 0 Å². The van der Waals surface area contributed by atoms with Crippen LogP contribution in [0.5, 0.6) is 17.2 Å². The minimum absolute atomic E-state index is 0.212. The Hall–Kier alpha value is -3.59. The van der Waals surface area contributed by atoms with Crippen LogP contribution in [0, 0.1) is 3.57 Å². The SMILES string of the molecule is COc1ccc(C(=O)c2[nH]c(C(=O)c3ccc(OC)cc3)c(-c3ccc(OC)cc3)c2I)cc1. The predicted molar refractivity (Wildman–Crippen MR) is 138 cm³/mol. The van der Waals surface area contributed by atoms with Crippen molar-refractivity contribution in [1.82, 2.24) is 4.98 Å². The predicted octanol–water partition coefficient (Wildman–Crippen LogP) is 5.77. The molecule has 34 heavy (non-hydrogen) atoms. The molecule has 0 spiro atoms. The number of H-pyrrole nitrogens is 1. The van der Waals surface area contributed by atoms with E-state index in [0.29, 0.717) is 48.9 Å². The average molecular weight is 567 g/mol. The molecule has 0 atom stereocenters. The number of ether oxygens (including phenoxy) is 3. The molecule has 0 fully saturated rings. The van der Waals surface area contributed by atoms with E-state index in [0.717, 1.165) is 5.56 Å². The number of methoxy groups -OCH3 is 3. The molecule has 0 saturated carbocycles. The molecule has 0 radical (unpaired) electrons. The summed E-state index contributed by atoms with van der Waals surface area (Å²) in [6.07, 6.45) is 0. The Morgan fingerprint density at radius 2 is 1.00 bits per heavy atom. The standard InChI is InChI=1S/C27H22INO5/c1-32-19-10-4-16(5-11-19)22-23(28)25(27(31)18-8-14-21(34-3)15-9-18)29-24(22)26(30)17-6-12-20(33-2)13-7-17/h4-15,29H,1-3H3. The quantitative estimate of drug-likeness (QED) is 0.216. The molecule has 1 N–H and O–H groups in total. The van der Waals surface area contributed by atoms with E-state index in [1.807, 2.05) is 24.3 Å². The number of rotatable bonds is 8. The average Bonchev–Trinajstić information content (AvgIpc) is 3.24. The molecule has 172 valence electrons. The molecular weight excluding hydrogens is 545 g/mol. The Labute approximate surface area is 211 Å². The topological polar surface area (TPSA) is 77.6 Å². The molecule has 0 aliphatic rings. The van der Waals surface area contributed by atoms with Crippen LogP contribution in [0.15, 0.2) is 72.8 Å². The molecule has 0 amide bonds. The van der Waals surface area contributed by atoms with Gasteiger partial charge < -0.3 is 19.2 Å². The number of aromatic nitrogens is 1. The number of carbonyl (C=O) groups is 2. The van der Waals surface area contributed by atoms with E-state index in [1.54, 1.807) is 69.9 Å². The summed E-state index contributed by atoms with van der Waals surface area (Å²) in [5, 5.41) is 0. The Kier molecular flexibility index (Phi) is 7.02. The highest BCUT2D eigenvalue weighted by Crippen LogP contribution is 2.35. The fraction of sp³-hybridized carbons (Fsp3) is 0.111.